The van der Waals surface area contributed by atoms with E-state index in [2.05, 4.69) is 29.9 Å². The number of carbonyl (C=O) groups is 4. The smallest absolute Gasteiger partial charge is 0.481 e. The minimum Gasteiger partial charge on any atom is -0.481 e. The minimum atomic E-state index is -5.62. The number of nitrogens with zero attached hydrogens (tertiary/aromatic N) is 4. The van der Waals surface area contributed by atoms with E-state index >= 15 is 0 Å². The molecule has 8 atom stereocenters. The van der Waals surface area contributed by atoms with Gasteiger partial charge in [-0.25, -0.2) is 28.6 Å². The number of nitrogens with one attached hydrogen (secondary N) is 2. The number of thioether (sulfide) groups is 1. The van der Waals surface area contributed by atoms with Gasteiger partial charge in [0.05, 0.1) is 31.6 Å². The van der Waals surface area contributed by atoms with Crippen molar-refractivity contribution in [2.75, 3.05) is 37.8 Å². The van der Waals surface area contributed by atoms with Gasteiger partial charge in [0.25, 0.3) is 0 Å². The number of anilines is 1. The van der Waals surface area contributed by atoms with Crippen LogP contribution in [-0.2, 0) is 61.2 Å². The van der Waals surface area contributed by atoms with Crippen molar-refractivity contribution in [3.05, 3.63) is 12.7 Å². The van der Waals surface area contributed by atoms with Gasteiger partial charge in [-0.3, -0.25) is 37.3 Å². The Morgan fingerprint density at radius 1 is 1.03 bits per heavy atom. The number of amides is 2. The summed E-state index contributed by atoms with van der Waals surface area (Å²) in [6, 6.07) is 0. The maximum atomic E-state index is 12.7. The number of carbonyl (C=O) groups excluding carboxylic acids is 3. The molecule has 0 aromatic carbocycles. The molecule has 2 aromatic rings. The van der Waals surface area contributed by atoms with Crippen LogP contribution in [0.1, 0.15) is 47.0 Å². The van der Waals surface area contributed by atoms with Crippen molar-refractivity contribution in [3.63, 3.8) is 0 Å². The number of ether oxygens (including phenoxy) is 1. The first kappa shape index (κ1) is 50.3. The molecule has 1 fully saturated rings. The summed E-state index contributed by atoms with van der Waals surface area (Å²) in [5, 5.41) is 44.7. The summed E-state index contributed by atoms with van der Waals surface area (Å²) in [4.78, 5) is 98.7. The molecule has 7 unspecified atom stereocenters. The molecular formula is C28H46N7O20P3S. The van der Waals surface area contributed by atoms with Gasteiger partial charge in [0.2, 0.25) is 11.8 Å². The highest BCUT2D eigenvalue weighted by Crippen LogP contribution is 2.61. The number of imidazole rings is 1. The molecule has 27 nitrogen and oxygen atoms in total. The fourth-order valence-corrected chi connectivity index (χ4v) is 9.02. The van der Waals surface area contributed by atoms with Gasteiger partial charge in [-0.15, -0.1) is 0 Å². The predicted octanol–water partition coefficient (Wildman–Crippen LogP) is -1.55. The zero-order valence-electron chi connectivity index (χ0n) is 31.7. The van der Waals surface area contributed by atoms with Gasteiger partial charge in [0.1, 0.15) is 36.3 Å². The third-order valence-electron chi connectivity index (χ3n) is 8.31. The van der Waals surface area contributed by atoms with Crippen LogP contribution in [0.4, 0.5) is 5.82 Å². The van der Waals surface area contributed by atoms with Crippen molar-refractivity contribution in [2.24, 2.45) is 5.41 Å². The van der Waals surface area contributed by atoms with Gasteiger partial charge in [0.15, 0.2) is 22.3 Å². The summed E-state index contributed by atoms with van der Waals surface area (Å²) in [5.74, 6) is -2.82. The average Bonchev–Trinajstić information content (AvgIpc) is 3.63. The zero-order chi connectivity index (χ0) is 44.8. The summed E-state index contributed by atoms with van der Waals surface area (Å²) in [6.45, 7) is 2.50. The third-order valence-corrected chi connectivity index (χ3v) is 12.3. The van der Waals surface area contributed by atoms with E-state index in [-0.39, 0.29) is 42.2 Å². The van der Waals surface area contributed by atoms with E-state index in [4.69, 9.17) is 29.1 Å². The van der Waals surface area contributed by atoms with Crippen LogP contribution < -0.4 is 16.4 Å². The Morgan fingerprint density at radius 3 is 2.31 bits per heavy atom. The number of aromatic nitrogens is 4. The van der Waals surface area contributed by atoms with Crippen molar-refractivity contribution >= 4 is 75.1 Å². The van der Waals surface area contributed by atoms with Crippen molar-refractivity contribution in [2.45, 2.75) is 82.7 Å². The molecule has 0 radical (unpaired) electrons. The Balaban J connectivity index is 1.49. The molecule has 2 amide bonds. The molecule has 3 heterocycles. The van der Waals surface area contributed by atoms with Crippen LogP contribution in [0.5, 0.6) is 0 Å². The normalized spacial score (nSPS) is 23.5. The Labute approximate surface area is 338 Å². The number of rotatable bonds is 23. The van der Waals surface area contributed by atoms with E-state index in [1.807, 2.05) is 0 Å². The molecule has 2 aromatic heterocycles. The quantitative estimate of drug-likeness (QED) is 0.0444. The number of hydrogen-bond acceptors (Lipinski definition) is 20. The lowest BCUT2D eigenvalue weighted by Crippen LogP contribution is -2.46. The van der Waals surface area contributed by atoms with E-state index in [1.54, 1.807) is 0 Å². The Kier molecular flexibility index (Phi) is 16.9. The molecule has 59 heavy (non-hydrogen) atoms. The second-order valence-electron chi connectivity index (χ2n) is 14.1. The fraction of sp³-hybridized carbons (Fsp3) is 0.679. The number of carboxylic acids is 1. The lowest BCUT2D eigenvalue weighted by molar-refractivity contribution is -0.142. The second-order valence-corrected chi connectivity index (χ2v) is 19.5. The molecule has 0 aliphatic carbocycles. The maximum absolute atomic E-state index is 12.7. The van der Waals surface area contributed by atoms with E-state index in [0.29, 0.717) is 0 Å². The molecular weight excluding hydrogens is 879 g/mol. The van der Waals surface area contributed by atoms with Crippen molar-refractivity contribution in [1.82, 2.24) is 30.2 Å². The molecule has 3 rings (SSSR count). The topological polar surface area (TPSA) is 421 Å². The summed E-state index contributed by atoms with van der Waals surface area (Å²) in [5.41, 5.74) is 0.464. The van der Waals surface area contributed by atoms with Crippen molar-refractivity contribution in [1.29, 1.82) is 0 Å². The molecule has 0 spiro atoms. The lowest BCUT2D eigenvalue weighted by Gasteiger charge is -2.30. The molecule has 31 heteroatoms. The number of aliphatic carboxylic acids is 1. The number of aliphatic hydroxyl groups is 3. The highest BCUT2D eigenvalue weighted by molar-refractivity contribution is 8.13. The van der Waals surface area contributed by atoms with Gasteiger partial charge in [0, 0.05) is 37.1 Å². The van der Waals surface area contributed by atoms with Crippen LogP contribution in [0.3, 0.4) is 0 Å². The van der Waals surface area contributed by atoms with Gasteiger partial charge < -0.3 is 61.1 Å². The Bertz CT molecular complexity index is 2000. The molecule has 1 saturated heterocycles. The largest absolute Gasteiger partial charge is 0.481 e. The molecule has 334 valence electrons. The van der Waals surface area contributed by atoms with E-state index in [1.165, 1.54) is 27.7 Å². The monoisotopic (exact) mass is 925 g/mol. The van der Waals surface area contributed by atoms with Crippen LogP contribution in [0, 0.1) is 5.41 Å². The summed E-state index contributed by atoms with van der Waals surface area (Å²) >= 11 is 0.771. The van der Waals surface area contributed by atoms with Gasteiger partial charge in [-0.1, -0.05) is 25.6 Å². The number of carboxylic acid groups (broad SMARTS) is 1. The lowest BCUT2D eigenvalue weighted by atomic mass is 9.87. The predicted molar refractivity (Wildman–Crippen MR) is 199 cm³/mol. The number of nitrogens with two attached hydrogens (primary N) is 1. The van der Waals surface area contributed by atoms with Gasteiger partial charge in [-0.2, -0.15) is 4.31 Å². The van der Waals surface area contributed by atoms with Crippen LogP contribution in [0.2, 0.25) is 0 Å². The highest BCUT2D eigenvalue weighted by atomic mass is 32.2. The molecule has 1 aliphatic rings. The van der Waals surface area contributed by atoms with Gasteiger partial charge >= 0.3 is 29.4 Å². The first-order chi connectivity index (χ1) is 27.0. The third kappa shape index (κ3) is 14.8. The van der Waals surface area contributed by atoms with E-state index < -0.39 is 114 Å². The van der Waals surface area contributed by atoms with Crippen molar-refractivity contribution in [3.8, 4) is 0 Å². The maximum Gasteiger partial charge on any atom is 0.481 e. The van der Waals surface area contributed by atoms with Crippen molar-refractivity contribution < 1.29 is 95.5 Å². The molecule has 12 N–H and O–H groups in total. The summed E-state index contributed by atoms with van der Waals surface area (Å²) in [6.07, 6.45) is -6.79. The number of fused-ring (bicyclic) bond motifs is 1. The first-order valence-electron chi connectivity index (χ1n) is 17.0. The molecule has 1 aliphatic heterocycles. The Hall–Kier alpha value is -3.01. The number of phosphoric acid groups is 3. The molecule has 0 saturated carbocycles. The molecule has 0 bridgehead atoms. The first-order valence-corrected chi connectivity index (χ1v) is 22.5. The number of nitrogen functional groups attached to an aromatic ring is 1. The summed E-state index contributed by atoms with van der Waals surface area (Å²) < 4.78 is 62.6. The second kappa shape index (κ2) is 19.8. The van der Waals surface area contributed by atoms with Crippen LogP contribution in [0.25, 0.3) is 11.2 Å². The van der Waals surface area contributed by atoms with E-state index in [0.717, 1.165) is 29.0 Å². The Morgan fingerprint density at radius 2 is 1.68 bits per heavy atom. The van der Waals surface area contributed by atoms with Gasteiger partial charge in [-0.05, 0) is 13.8 Å². The average molecular weight is 926 g/mol. The standard InChI is InChI=1S/C28H46N7O20P3S/c1-26(2,22(41)25(42)31-6-5-16(36)30-7-8-59-18(39)10-27(3,43)9-17(37)38)12-52-58(49,50)55-57(47,48)51-11-15-20(54-56(44,45)46)21(40)28(4,53-15)35-14-34-19-23(29)32-13-33-24(19)35/h13-15,20-22,40-41,43H,5-12H2,1-4H3,(H,30,36)(H,31,42)(H,37,38)(H,47,48)(H,49,50)(H2,29,32,33)(H2,44,45,46)/t15?,20?,21?,22?,27-,28?/m1/s1. The SMILES string of the molecule is CC(C)(COP(=O)(O)OP(=O)(O)OCC1OC(C)(n2cnc3c(N)ncnc32)C(O)C1OP(=O)(O)O)C(O)C(=O)NCCC(=O)NCCSC(=O)C[C@](C)(O)CC(=O)O. The highest BCUT2D eigenvalue weighted by Gasteiger charge is 2.57. The number of hydrogen-bond donors (Lipinski definition) is 11. The minimum absolute atomic E-state index is 0.00316. The van der Waals surface area contributed by atoms with E-state index in [9.17, 15) is 67.8 Å². The summed E-state index contributed by atoms with van der Waals surface area (Å²) in [7, 11) is -16.5. The number of aliphatic hydroxyl groups excluding tert-OH is 2. The number of phosphoric ester groups is 3. The zero-order valence-corrected chi connectivity index (χ0v) is 35.2. The fourth-order valence-electron chi connectivity index (χ4n) is 5.36. The van der Waals surface area contributed by atoms with Crippen LogP contribution >= 0.6 is 35.2 Å². The van der Waals surface area contributed by atoms with Crippen LogP contribution in [-0.4, -0.2) is 144 Å². The van der Waals surface area contributed by atoms with Crippen LogP contribution in [0.15, 0.2) is 12.7 Å².